The lowest BCUT2D eigenvalue weighted by Crippen LogP contribution is -2.48. The molecule has 2 aromatic carbocycles. The van der Waals surface area contributed by atoms with Gasteiger partial charge >= 0.3 is 0 Å². The summed E-state index contributed by atoms with van der Waals surface area (Å²) in [5.74, 6) is 0.566. The maximum absolute atomic E-state index is 12.9. The van der Waals surface area contributed by atoms with Crippen LogP contribution in [0.15, 0.2) is 57.0 Å². The van der Waals surface area contributed by atoms with E-state index in [-0.39, 0.29) is 28.8 Å². The van der Waals surface area contributed by atoms with Crippen molar-refractivity contribution in [3.05, 3.63) is 42.5 Å². The van der Waals surface area contributed by atoms with Crippen LogP contribution in [-0.4, -0.2) is 62.4 Å². The van der Waals surface area contributed by atoms with Gasteiger partial charge in [0, 0.05) is 13.1 Å². The molecule has 4 rings (SSSR count). The number of methoxy groups -OCH3 is 1. The van der Waals surface area contributed by atoms with Crippen LogP contribution in [0.3, 0.4) is 0 Å². The molecule has 0 radical (unpaired) electrons. The summed E-state index contributed by atoms with van der Waals surface area (Å²) in [6, 6.07) is 11.2. The number of ether oxygens (including phenoxy) is 2. The number of benzene rings is 2. The molecular weight excluding hydrogens is 466 g/mol. The Hall–Kier alpha value is -2.76. The molecule has 1 aromatic heterocycles. The number of hydrogen-bond donors (Lipinski definition) is 1. The first-order valence-electron chi connectivity index (χ1n) is 10.4. The minimum absolute atomic E-state index is 0.00291. The van der Waals surface area contributed by atoms with E-state index in [9.17, 15) is 13.2 Å². The second kappa shape index (κ2) is 9.62. The van der Waals surface area contributed by atoms with Crippen molar-refractivity contribution in [3.63, 3.8) is 0 Å². The van der Waals surface area contributed by atoms with E-state index >= 15 is 0 Å². The SMILES string of the molecule is COc1ccccc1NS(=O)(=O)c1ccc2oc(SCC(=O)N3CC(C)OC(C)C3)nc2c1. The summed E-state index contributed by atoms with van der Waals surface area (Å²) >= 11 is 1.18. The Bertz CT molecular complexity index is 1250. The van der Waals surface area contributed by atoms with Crippen molar-refractivity contribution >= 4 is 44.5 Å². The van der Waals surface area contributed by atoms with E-state index in [1.807, 2.05) is 13.8 Å². The molecule has 176 valence electrons. The van der Waals surface area contributed by atoms with Gasteiger partial charge in [0.25, 0.3) is 15.2 Å². The zero-order chi connectivity index (χ0) is 23.6. The van der Waals surface area contributed by atoms with Gasteiger partial charge in [0.2, 0.25) is 5.91 Å². The van der Waals surface area contributed by atoms with Gasteiger partial charge in [-0.3, -0.25) is 9.52 Å². The first-order valence-corrected chi connectivity index (χ1v) is 12.8. The van der Waals surface area contributed by atoms with Gasteiger partial charge in [-0.2, -0.15) is 0 Å². The standard InChI is InChI=1S/C22H25N3O6S2/c1-14-11-25(12-15(2)30-14)21(26)13-32-22-23-18-10-16(8-9-20(18)31-22)33(27,28)24-17-6-4-5-7-19(17)29-3/h4-10,14-15,24H,11-13H2,1-3H3. The lowest BCUT2D eigenvalue weighted by atomic mass is 10.2. The van der Waals surface area contributed by atoms with E-state index in [1.54, 1.807) is 35.2 Å². The first-order chi connectivity index (χ1) is 15.7. The van der Waals surface area contributed by atoms with Crippen LogP contribution < -0.4 is 9.46 Å². The lowest BCUT2D eigenvalue weighted by Gasteiger charge is -2.35. The molecule has 9 nitrogen and oxygen atoms in total. The van der Waals surface area contributed by atoms with Gasteiger partial charge in [-0.05, 0) is 44.2 Å². The summed E-state index contributed by atoms with van der Waals surface area (Å²) in [6.07, 6.45) is -0.00582. The van der Waals surface area contributed by atoms with Crippen molar-refractivity contribution in [1.82, 2.24) is 9.88 Å². The Morgan fingerprint density at radius 1 is 1.21 bits per heavy atom. The molecule has 2 unspecified atom stereocenters. The van der Waals surface area contributed by atoms with Gasteiger partial charge in [0.05, 0.1) is 35.7 Å². The summed E-state index contributed by atoms with van der Waals surface area (Å²) in [5, 5.41) is 0.306. The highest BCUT2D eigenvalue weighted by molar-refractivity contribution is 7.99. The van der Waals surface area contributed by atoms with Crippen LogP contribution >= 0.6 is 11.8 Å². The minimum Gasteiger partial charge on any atom is -0.495 e. The van der Waals surface area contributed by atoms with Crippen molar-refractivity contribution < 1.29 is 27.1 Å². The highest BCUT2D eigenvalue weighted by Crippen LogP contribution is 2.29. The minimum atomic E-state index is -3.87. The number of oxazole rings is 1. The molecule has 2 heterocycles. The number of thioether (sulfide) groups is 1. The molecule has 1 aliphatic heterocycles. The van der Waals surface area contributed by atoms with Crippen LogP contribution in [0.4, 0.5) is 5.69 Å². The van der Waals surface area contributed by atoms with Gasteiger partial charge in [0.15, 0.2) is 5.58 Å². The van der Waals surface area contributed by atoms with Crippen LogP contribution in [0, 0.1) is 0 Å². The van der Waals surface area contributed by atoms with E-state index in [0.717, 1.165) is 0 Å². The number of rotatable bonds is 7. The molecule has 0 saturated carbocycles. The van der Waals surface area contributed by atoms with E-state index in [2.05, 4.69) is 9.71 Å². The number of aromatic nitrogens is 1. The van der Waals surface area contributed by atoms with E-state index in [0.29, 0.717) is 40.8 Å². The number of nitrogens with one attached hydrogen (secondary N) is 1. The van der Waals surface area contributed by atoms with Gasteiger partial charge in [0.1, 0.15) is 11.3 Å². The van der Waals surface area contributed by atoms with Crippen molar-refractivity contribution in [2.75, 3.05) is 30.7 Å². The normalized spacial score (nSPS) is 18.9. The van der Waals surface area contributed by atoms with Gasteiger partial charge in [-0.25, -0.2) is 13.4 Å². The van der Waals surface area contributed by atoms with Gasteiger partial charge < -0.3 is 18.8 Å². The van der Waals surface area contributed by atoms with Gasteiger partial charge in [-0.15, -0.1) is 0 Å². The maximum Gasteiger partial charge on any atom is 0.262 e. The van der Waals surface area contributed by atoms with Crippen LogP contribution in [0.5, 0.6) is 5.75 Å². The molecule has 1 aliphatic rings. The predicted octanol–water partition coefficient (Wildman–Crippen LogP) is 3.37. The summed E-state index contributed by atoms with van der Waals surface area (Å²) in [4.78, 5) is 18.8. The Kier molecular flexibility index (Phi) is 6.82. The largest absolute Gasteiger partial charge is 0.495 e. The molecule has 11 heteroatoms. The predicted molar refractivity (Wildman–Crippen MR) is 125 cm³/mol. The third kappa shape index (κ3) is 5.43. The molecule has 1 fully saturated rings. The highest BCUT2D eigenvalue weighted by atomic mass is 32.2. The third-order valence-corrected chi connectivity index (χ3v) is 7.27. The number of morpholine rings is 1. The summed E-state index contributed by atoms with van der Waals surface area (Å²) in [5.41, 5.74) is 1.16. The number of anilines is 1. The summed E-state index contributed by atoms with van der Waals surface area (Å²) in [6.45, 7) is 4.99. The van der Waals surface area contributed by atoms with Crippen LogP contribution in [0.25, 0.3) is 11.1 Å². The Balaban J connectivity index is 1.46. The second-order valence-corrected chi connectivity index (χ2v) is 10.4. The molecule has 3 aromatic rings. The van der Waals surface area contributed by atoms with Crippen LogP contribution in [0.2, 0.25) is 0 Å². The number of carbonyl (C=O) groups excluding carboxylic acids is 1. The molecule has 1 N–H and O–H groups in total. The number of hydrogen-bond acceptors (Lipinski definition) is 8. The Labute approximate surface area is 196 Å². The van der Waals surface area contributed by atoms with Crippen molar-refractivity contribution in [3.8, 4) is 5.75 Å². The topological polar surface area (TPSA) is 111 Å². The first kappa shape index (κ1) is 23.4. The zero-order valence-corrected chi connectivity index (χ0v) is 20.1. The van der Waals surface area contributed by atoms with E-state index < -0.39 is 10.0 Å². The van der Waals surface area contributed by atoms with Crippen molar-refractivity contribution in [2.45, 2.75) is 36.2 Å². The fourth-order valence-corrected chi connectivity index (χ4v) is 5.48. The fourth-order valence-electron chi connectivity index (χ4n) is 3.64. The molecule has 33 heavy (non-hydrogen) atoms. The molecule has 0 bridgehead atoms. The molecule has 0 aliphatic carbocycles. The maximum atomic E-state index is 12.9. The number of fused-ring (bicyclic) bond motifs is 1. The zero-order valence-electron chi connectivity index (χ0n) is 18.5. The van der Waals surface area contributed by atoms with E-state index in [4.69, 9.17) is 13.9 Å². The van der Waals surface area contributed by atoms with Crippen LogP contribution in [0.1, 0.15) is 13.8 Å². The number of para-hydroxylation sites is 2. The van der Waals surface area contributed by atoms with Gasteiger partial charge in [-0.1, -0.05) is 23.9 Å². The van der Waals surface area contributed by atoms with Crippen LogP contribution in [-0.2, 0) is 19.6 Å². The highest BCUT2D eigenvalue weighted by Gasteiger charge is 2.26. The monoisotopic (exact) mass is 491 g/mol. The average molecular weight is 492 g/mol. The molecular formula is C22H25N3O6S2. The number of amides is 1. The molecule has 2 atom stereocenters. The fraction of sp³-hybridized carbons (Fsp3) is 0.364. The Morgan fingerprint density at radius 3 is 2.67 bits per heavy atom. The molecule has 1 saturated heterocycles. The Morgan fingerprint density at radius 2 is 1.94 bits per heavy atom. The number of sulfonamides is 1. The molecule has 1 amide bonds. The number of nitrogens with zero attached hydrogens (tertiary/aromatic N) is 2. The smallest absolute Gasteiger partial charge is 0.262 e. The average Bonchev–Trinajstić information content (AvgIpc) is 3.19. The molecule has 0 spiro atoms. The summed E-state index contributed by atoms with van der Waals surface area (Å²) < 4.78 is 44.8. The quantitative estimate of drug-likeness (QED) is 0.501. The lowest BCUT2D eigenvalue weighted by molar-refractivity contribution is -0.140. The van der Waals surface area contributed by atoms with Crippen molar-refractivity contribution in [1.29, 1.82) is 0 Å². The summed E-state index contributed by atoms with van der Waals surface area (Å²) in [7, 11) is -2.40. The third-order valence-electron chi connectivity index (χ3n) is 5.09. The van der Waals surface area contributed by atoms with E-state index in [1.165, 1.54) is 31.0 Å². The van der Waals surface area contributed by atoms with Crippen molar-refractivity contribution in [2.24, 2.45) is 0 Å². The second-order valence-electron chi connectivity index (χ2n) is 7.76. The number of carbonyl (C=O) groups is 1.